The van der Waals surface area contributed by atoms with Crippen molar-refractivity contribution in [1.29, 1.82) is 0 Å². The molecule has 0 saturated heterocycles. The second kappa shape index (κ2) is 9.87. The molecule has 6 nitrogen and oxygen atoms in total. The molecule has 0 spiro atoms. The number of furan rings is 1. The number of methoxy groups -OCH3 is 1. The standard InChI is InChI=1S/C22H17ClN2O4S/c1-28-21(27)15-4-8-17(9-5-15)24-22(30)25-20(26)13-11-18-10-12-19(29-18)14-2-6-16(23)7-3-14/h2-13H,1H3,(H2,24,25,26,30). The first kappa shape index (κ1) is 21.3. The summed E-state index contributed by atoms with van der Waals surface area (Å²) in [6, 6.07) is 17.3. The maximum atomic E-state index is 12.1. The Balaban J connectivity index is 1.53. The molecule has 0 aliphatic rings. The van der Waals surface area contributed by atoms with Gasteiger partial charge in [-0.2, -0.15) is 0 Å². The number of ether oxygens (including phenoxy) is 1. The lowest BCUT2D eigenvalue weighted by atomic mass is 10.2. The van der Waals surface area contributed by atoms with Crippen LogP contribution < -0.4 is 10.6 Å². The van der Waals surface area contributed by atoms with Gasteiger partial charge in [0.1, 0.15) is 11.5 Å². The molecule has 2 N–H and O–H groups in total. The molecule has 0 saturated carbocycles. The first-order valence-electron chi connectivity index (χ1n) is 8.79. The van der Waals surface area contributed by atoms with E-state index in [2.05, 4.69) is 15.4 Å². The molecule has 0 bridgehead atoms. The van der Waals surface area contributed by atoms with Crippen molar-refractivity contribution in [3.05, 3.63) is 83.1 Å². The minimum absolute atomic E-state index is 0.122. The Kier molecular flexibility index (Phi) is 7.00. The van der Waals surface area contributed by atoms with Crippen molar-refractivity contribution in [3.63, 3.8) is 0 Å². The molecule has 0 radical (unpaired) electrons. The number of nitrogens with one attached hydrogen (secondary N) is 2. The third-order valence-electron chi connectivity index (χ3n) is 3.96. The van der Waals surface area contributed by atoms with E-state index in [0.29, 0.717) is 27.8 Å². The average molecular weight is 441 g/mol. The molecule has 1 heterocycles. The fraction of sp³-hybridized carbons (Fsp3) is 0.0455. The fourth-order valence-corrected chi connectivity index (χ4v) is 2.84. The van der Waals surface area contributed by atoms with Crippen LogP contribution in [0.3, 0.4) is 0 Å². The Morgan fingerprint density at radius 3 is 2.40 bits per heavy atom. The summed E-state index contributed by atoms with van der Waals surface area (Å²) in [5.74, 6) is 0.342. The Bertz CT molecular complexity index is 1090. The minimum Gasteiger partial charge on any atom is -0.465 e. The van der Waals surface area contributed by atoms with Crippen molar-refractivity contribution in [2.75, 3.05) is 12.4 Å². The summed E-state index contributed by atoms with van der Waals surface area (Å²) in [7, 11) is 1.31. The number of anilines is 1. The number of benzene rings is 2. The first-order valence-corrected chi connectivity index (χ1v) is 9.57. The van der Waals surface area contributed by atoms with Crippen molar-refractivity contribution in [2.45, 2.75) is 0 Å². The first-order chi connectivity index (χ1) is 14.4. The highest BCUT2D eigenvalue weighted by Crippen LogP contribution is 2.24. The normalized spacial score (nSPS) is 10.6. The Hall–Kier alpha value is -3.42. The molecular formula is C22H17ClN2O4S. The average Bonchev–Trinajstić information content (AvgIpc) is 3.22. The van der Waals surface area contributed by atoms with Gasteiger partial charge in [-0.3, -0.25) is 10.1 Å². The van der Waals surface area contributed by atoms with Gasteiger partial charge in [0, 0.05) is 22.3 Å². The van der Waals surface area contributed by atoms with Gasteiger partial charge in [-0.15, -0.1) is 0 Å². The number of carbonyl (C=O) groups is 2. The van der Waals surface area contributed by atoms with Gasteiger partial charge in [-0.1, -0.05) is 11.6 Å². The second-order valence-electron chi connectivity index (χ2n) is 6.05. The largest absolute Gasteiger partial charge is 0.465 e. The second-order valence-corrected chi connectivity index (χ2v) is 6.90. The van der Waals surface area contributed by atoms with E-state index in [9.17, 15) is 9.59 Å². The molecule has 0 aliphatic heterocycles. The van der Waals surface area contributed by atoms with Gasteiger partial charge < -0.3 is 14.5 Å². The Labute approximate surface area is 183 Å². The summed E-state index contributed by atoms with van der Waals surface area (Å²) in [6.45, 7) is 0. The third-order valence-corrected chi connectivity index (χ3v) is 4.41. The molecule has 0 atom stereocenters. The van der Waals surface area contributed by atoms with Gasteiger partial charge in [-0.05, 0) is 79.0 Å². The summed E-state index contributed by atoms with van der Waals surface area (Å²) in [6.07, 6.45) is 2.86. The van der Waals surface area contributed by atoms with Crippen LogP contribution in [0.1, 0.15) is 16.1 Å². The predicted molar refractivity (Wildman–Crippen MR) is 120 cm³/mol. The molecule has 3 aromatic rings. The number of hydrogen-bond donors (Lipinski definition) is 2. The van der Waals surface area contributed by atoms with Crippen molar-refractivity contribution in [2.24, 2.45) is 0 Å². The number of rotatable bonds is 5. The minimum atomic E-state index is -0.431. The number of hydrogen-bond acceptors (Lipinski definition) is 5. The number of amides is 1. The van der Waals surface area contributed by atoms with Gasteiger partial charge >= 0.3 is 5.97 Å². The van der Waals surface area contributed by atoms with E-state index in [1.54, 1.807) is 48.5 Å². The van der Waals surface area contributed by atoms with Crippen LogP contribution in [0.25, 0.3) is 17.4 Å². The van der Waals surface area contributed by atoms with Crippen LogP contribution in [0, 0.1) is 0 Å². The quantitative estimate of drug-likeness (QED) is 0.333. The lowest BCUT2D eigenvalue weighted by molar-refractivity contribution is -0.115. The molecule has 8 heteroatoms. The smallest absolute Gasteiger partial charge is 0.337 e. The van der Waals surface area contributed by atoms with E-state index >= 15 is 0 Å². The summed E-state index contributed by atoms with van der Waals surface area (Å²) < 4.78 is 10.3. The highest BCUT2D eigenvalue weighted by molar-refractivity contribution is 7.80. The molecule has 1 aromatic heterocycles. The van der Waals surface area contributed by atoms with Crippen LogP contribution in [-0.4, -0.2) is 24.1 Å². The summed E-state index contributed by atoms with van der Waals surface area (Å²) in [5.41, 5.74) is 1.92. The maximum Gasteiger partial charge on any atom is 0.337 e. The Morgan fingerprint density at radius 1 is 1.03 bits per heavy atom. The number of esters is 1. The third kappa shape index (κ3) is 5.79. The van der Waals surface area contributed by atoms with Crippen LogP contribution in [0.15, 0.2) is 71.2 Å². The predicted octanol–water partition coefficient (Wildman–Crippen LogP) is 4.91. The van der Waals surface area contributed by atoms with Crippen molar-refractivity contribution in [3.8, 4) is 11.3 Å². The maximum absolute atomic E-state index is 12.1. The number of carbonyl (C=O) groups excluding carboxylic acids is 2. The highest BCUT2D eigenvalue weighted by atomic mass is 35.5. The molecular weight excluding hydrogens is 424 g/mol. The molecule has 2 aromatic carbocycles. The molecule has 1 amide bonds. The van der Waals surface area contributed by atoms with Gasteiger partial charge in [0.05, 0.1) is 12.7 Å². The van der Waals surface area contributed by atoms with Crippen LogP contribution in [0.2, 0.25) is 5.02 Å². The zero-order valence-corrected chi connectivity index (χ0v) is 17.4. The van der Waals surface area contributed by atoms with Gasteiger partial charge in [0.25, 0.3) is 0 Å². The number of halogens is 1. The van der Waals surface area contributed by atoms with Crippen LogP contribution >= 0.6 is 23.8 Å². The fourth-order valence-electron chi connectivity index (χ4n) is 2.49. The molecule has 0 unspecified atom stereocenters. The molecule has 0 fully saturated rings. The lowest BCUT2D eigenvalue weighted by Gasteiger charge is -2.08. The SMILES string of the molecule is COC(=O)c1ccc(NC(=S)NC(=O)C=Cc2ccc(-c3ccc(Cl)cc3)o2)cc1. The van der Waals surface area contributed by atoms with Gasteiger partial charge in [-0.25, -0.2) is 4.79 Å². The Morgan fingerprint density at radius 2 is 1.73 bits per heavy atom. The van der Waals surface area contributed by atoms with E-state index in [4.69, 9.17) is 28.2 Å². The zero-order valence-electron chi connectivity index (χ0n) is 15.8. The summed E-state index contributed by atoms with van der Waals surface area (Å²) in [5, 5.41) is 6.17. The molecule has 3 rings (SSSR count). The zero-order chi connectivity index (χ0) is 21.5. The molecule has 30 heavy (non-hydrogen) atoms. The van der Waals surface area contributed by atoms with Crippen LogP contribution in [-0.2, 0) is 9.53 Å². The van der Waals surface area contributed by atoms with E-state index in [-0.39, 0.29) is 5.11 Å². The topological polar surface area (TPSA) is 80.6 Å². The molecule has 0 aliphatic carbocycles. The lowest BCUT2D eigenvalue weighted by Crippen LogP contribution is -2.32. The van der Waals surface area contributed by atoms with E-state index in [1.807, 2.05) is 18.2 Å². The van der Waals surface area contributed by atoms with Gasteiger partial charge in [0.15, 0.2) is 5.11 Å². The van der Waals surface area contributed by atoms with Gasteiger partial charge in [0.2, 0.25) is 5.91 Å². The number of thiocarbonyl (C=S) groups is 1. The highest BCUT2D eigenvalue weighted by Gasteiger charge is 2.07. The van der Waals surface area contributed by atoms with Crippen molar-refractivity contribution >= 4 is 52.6 Å². The van der Waals surface area contributed by atoms with Crippen molar-refractivity contribution < 1.29 is 18.7 Å². The van der Waals surface area contributed by atoms with E-state index in [0.717, 1.165) is 5.56 Å². The summed E-state index contributed by atoms with van der Waals surface area (Å²) in [4.78, 5) is 23.5. The van der Waals surface area contributed by atoms with E-state index in [1.165, 1.54) is 13.2 Å². The van der Waals surface area contributed by atoms with Crippen LogP contribution in [0.5, 0.6) is 0 Å². The van der Waals surface area contributed by atoms with Crippen LogP contribution in [0.4, 0.5) is 5.69 Å². The van der Waals surface area contributed by atoms with Crippen molar-refractivity contribution in [1.82, 2.24) is 5.32 Å². The summed E-state index contributed by atoms with van der Waals surface area (Å²) >= 11 is 11.0. The molecule has 152 valence electrons. The monoisotopic (exact) mass is 440 g/mol. The van der Waals surface area contributed by atoms with E-state index < -0.39 is 11.9 Å².